The molecule has 0 bridgehead atoms. The Kier molecular flexibility index (Phi) is 10.7. The lowest BCUT2D eigenvalue weighted by Crippen LogP contribution is -2.40. The molecule has 1 heterocycles. The predicted molar refractivity (Wildman–Crippen MR) is 105 cm³/mol. The highest BCUT2D eigenvalue weighted by molar-refractivity contribution is 5.85. The van der Waals surface area contributed by atoms with Crippen molar-refractivity contribution in [3.8, 4) is 0 Å². The predicted octanol–water partition coefficient (Wildman–Crippen LogP) is 3.57. The average Bonchev–Trinajstić information content (AvgIpc) is 3.00. The second-order valence-corrected chi connectivity index (χ2v) is 6.77. The number of hydrogen-bond acceptors (Lipinski definition) is 3. The van der Waals surface area contributed by atoms with Gasteiger partial charge in [-0.2, -0.15) is 13.2 Å². The minimum atomic E-state index is -4.20. The molecular weight excluding hydrogens is 402 g/mol. The lowest BCUT2D eigenvalue weighted by molar-refractivity contribution is -0.146. The first-order chi connectivity index (χ1) is 11.7. The zero-order valence-corrected chi connectivity index (χ0v) is 17.2. The first-order valence-corrected chi connectivity index (χ1v) is 8.59. The van der Waals surface area contributed by atoms with E-state index in [4.69, 9.17) is 5.73 Å². The average molecular weight is 430 g/mol. The molecule has 0 aliphatic carbocycles. The number of benzene rings is 1. The zero-order chi connectivity index (χ0) is 18.6. The molecule has 2 rings (SSSR count). The first-order valence-electron chi connectivity index (χ1n) is 8.59. The van der Waals surface area contributed by atoms with Crippen LogP contribution in [0.2, 0.25) is 0 Å². The van der Waals surface area contributed by atoms with E-state index in [1.807, 2.05) is 31.2 Å². The Bertz CT molecular complexity index is 584. The molecule has 0 spiro atoms. The Morgan fingerprint density at radius 2 is 1.89 bits per heavy atom. The zero-order valence-electron chi connectivity index (χ0n) is 15.5. The molecule has 1 aliphatic rings. The van der Waals surface area contributed by atoms with Gasteiger partial charge in [0.05, 0.1) is 6.54 Å². The summed E-state index contributed by atoms with van der Waals surface area (Å²) in [5.41, 5.74) is 7.92. The van der Waals surface area contributed by atoms with Crippen molar-refractivity contribution in [3.05, 3.63) is 35.4 Å². The Labute approximate surface area is 171 Å². The van der Waals surface area contributed by atoms with E-state index in [1.54, 1.807) is 11.8 Å². The molecule has 156 valence electrons. The van der Waals surface area contributed by atoms with Crippen molar-refractivity contribution < 1.29 is 18.0 Å². The van der Waals surface area contributed by atoms with E-state index in [-0.39, 0.29) is 36.6 Å². The van der Waals surface area contributed by atoms with Crippen molar-refractivity contribution in [3.63, 3.8) is 0 Å². The van der Waals surface area contributed by atoms with Gasteiger partial charge in [0.2, 0.25) is 5.91 Å². The number of alkyl halides is 3. The molecule has 1 saturated heterocycles. The van der Waals surface area contributed by atoms with Gasteiger partial charge >= 0.3 is 6.18 Å². The van der Waals surface area contributed by atoms with E-state index in [2.05, 4.69) is 0 Å². The molecule has 1 fully saturated rings. The van der Waals surface area contributed by atoms with Gasteiger partial charge in [-0.3, -0.25) is 9.69 Å². The maximum Gasteiger partial charge on any atom is 0.401 e. The molecule has 2 N–H and O–H groups in total. The fourth-order valence-electron chi connectivity index (χ4n) is 3.22. The summed E-state index contributed by atoms with van der Waals surface area (Å²) < 4.78 is 37.7. The highest BCUT2D eigenvalue weighted by Gasteiger charge is 2.34. The Balaban J connectivity index is 0.00000338. The van der Waals surface area contributed by atoms with Gasteiger partial charge < -0.3 is 10.6 Å². The van der Waals surface area contributed by atoms with Crippen molar-refractivity contribution in [2.75, 3.05) is 32.7 Å². The van der Waals surface area contributed by atoms with E-state index in [1.165, 1.54) is 4.90 Å². The third-order valence-corrected chi connectivity index (χ3v) is 4.67. The standard InChI is InChI=1S/C18H26F3N3O.2ClH/c1-3-23(12-18(19,20)21)10-14-8-9-24(11-14)17(25)16(22)15-6-4-13(2)5-7-15;;/h4-7,14,16H,3,8-12,22H2,1-2H3;2*1H. The first kappa shape index (κ1) is 26.0. The second kappa shape index (κ2) is 11.1. The summed E-state index contributed by atoms with van der Waals surface area (Å²) in [6.07, 6.45) is -3.49. The van der Waals surface area contributed by atoms with Gasteiger partial charge in [0.1, 0.15) is 6.04 Å². The van der Waals surface area contributed by atoms with Crippen LogP contribution in [0.3, 0.4) is 0 Å². The van der Waals surface area contributed by atoms with Crippen molar-refractivity contribution in [1.82, 2.24) is 9.80 Å². The molecule has 2 atom stereocenters. The van der Waals surface area contributed by atoms with E-state index in [9.17, 15) is 18.0 Å². The van der Waals surface area contributed by atoms with Crippen LogP contribution in [0.25, 0.3) is 0 Å². The number of likely N-dealkylation sites (tertiary alicyclic amines) is 1. The highest BCUT2D eigenvalue weighted by atomic mass is 35.5. The molecule has 9 heteroatoms. The summed E-state index contributed by atoms with van der Waals surface area (Å²) in [5, 5.41) is 0. The van der Waals surface area contributed by atoms with Gasteiger partial charge in [-0.15, -0.1) is 24.8 Å². The maximum atomic E-state index is 12.6. The normalized spacial score (nSPS) is 18.0. The van der Waals surface area contributed by atoms with E-state index in [0.29, 0.717) is 32.6 Å². The number of carbonyl (C=O) groups is 1. The Morgan fingerprint density at radius 1 is 1.30 bits per heavy atom. The summed E-state index contributed by atoms with van der Waals surface area (Å²) in [6, 6.07) is 6.77. The summed E-state index contributed by atoms with van der Waals surface area (Å²) in [5.74, 6) is -0.110. The van der Waals surface area contributed by atoms with Crippen LogP contribution in [0.5, 0.6) is 0 Å². The van der Waals surface area contributed by atoms with Gasteiger partial charge in [-0.05, 0) is 31.4 Å². The smallest absolute Gasteiger partial charge is 0.341 e. The van der Waals surface area contributed by atoms with Gasteiger partial charge in [-0.25, -0.2) is 0 Å². The van der Waals surface area contributed by atoms with Crippen LogP contribution in [0.1, 0.15) is 30.5 Å². The van der Waals surface area contributed by atoms with Gasteiger partial charge in [0.25, 0.3) is 0 Å². The molecular formula is C18H28Cl2F3N3O. The Hall–Kier alpha value is -1.02. The number of aryl methyl sites for hydroxylation is 1. The summed E-state index contributed by atoms with van der Waals surface area (Å²) in [4.78, 5) is 15.6. The molecule has 1 aliphatic heterocycles. The molecule has 1 aromatic rings. The largest absolute Gasteiger partial charge is 0.401 e. The molecule has 0 saturated carbocycles. The third-order valence-electron chi connectivity index (χ3n) is 4.67. The van der Waals surface area contributed by atoms with Crippen LogP contribution in [0, 0.1) is 12.8 Å². The minimum absolute atomic E-state index is 0. The van der Waals surface area contributed by atoms with Crippen LogP contribution in [-0.4, -0.2) is 54.6 Å². The fraction of sp³-hybridized carbons (Fsp3) is 0.611. The summed E-state index contributed by atoms with van der Waals surface area (Å²) in [7, 11) is 0. The fourth-order valence-corrected chi connectivity index (χ4v) is 3.22. The van der Waals surface area contributed by atoms with Crippen molar-refractivity contribution in [1.29, 1.82) is 0 Å². The number of halogens is 5. The maximum absolute atomic E-state index is 12.6. The van der Waals surface area contributed by atoms with E-state index >= 15 is 0 Å². The topological polar surface area (TPSA) is 49.6 Å². The third kappa shape index (κ3) is 7.86. The Morgan fingerprint density at radius 3 is 2.41 bits per heavy atom. The lowest BCUT2D eigenvalue weighted by Gasteiger charge is -2.26. The van der Waals surface area contributed by atoms with Crippen LogP contribution in [-0.2, 0) is 4.79 Å². The molecule has 1 aromatic carbocycles. The quantitative estimate of drug-likeness (QED) is 0.751. The number of nitrogens with two attached hydrogens (primary N) is 1. The van der Waals surface area contributed by atoms with Gasteiger partial charge in [0.15, 0.2) is 0 Å². The summed E-state index contributed by atoms with van der Waals surface area (Å²) >= 11 is 0. The monoisotopic (exact) mass is 429 g/mol. The van der Waals surface area contributed by atoms with Gasteiger partial charge in [0, 0.05) is 19.6 Å². The van der Waals surface area contributed by atoms with Crippen LogP contribution in [0.15, 0.2) is 24.3 Å². The molecule has 2 unspecified atom stereocenters. The molecule has 27 heavy (non-hydrogen) atoms. The number of rotatable bonds is 6. The van der Waals surface area contributed by atoms with Crippen molar-refractivity contribution >= 4 is 30.7 Å². The molecule has 0 radical (unpaired) electrons. The molecule has 0 aromatic heterocycles. The minimum Gasteiger partial charge on any atom is -0.341 e. The van der Waals surface area contributed by atoms with Crippen molar-refractivity contribution in [2.24, 2.45) is 11.7 Å². The second-order valence-electron chi connectivity index (χ2n) is 6.77. The number of nitrogens with zero attached hydrogens (tertiary/aromatic N) is 2. The molecule has 4 nitrogen and oxygen atoms in total. The number of carbonyl (C=O) groups excluding carboxylic acids is 1. The van der Waals surface area contributed by atoms with Crippen LogP contribution in [0.4, 0.5) is 13.2 Å². The number of amides is 1. The van der Waals surface area contributed by atoms with Gasteiger partial charge in [-0.1, -0.05) is 36.8 Å². The highest BCUT2D eigenvalue weighted by Crippen LogP contribution is 2.23. The van der Waals surface area contributed by atoms with E-state index < -0.39 is 18.8 Å². The van der Waals surface area contributed by atoms with Crippen LogP contribution < -0.4 is 5.73 Å². The number of hydrogen-bond donors (Lipinski definition) is 1. The SMILES string of the molecule is CCN(CC1CCN(C(=O)C(N)c2ccc(C)cc2)C1)CC(F)(F)F.Cl.Cl. The van der Waals surface area contributed by atoms with Crippen LogP contribution >= 0.6 is 24.8 Å². The molecule has 1 amide bonds. The summed E-state index contributed by atoms with van der Waals surface area (Å²) in [6.45, 7) is 4.47. The lowest BCUT2D eigenvalue weighted by atomic mass is 10.0. The van der Waals surface area contributed by atoms with Crippen molar-refractivity contribution in [2.45, 2.75) is 32.5 Å². The van der Waals surface area contributed by atoms with E-state index in [0.717, 1.165) is 11.1 Å².